The van der Waals surface area contributed by atoms with Crippen LogP contribution in [0.2, 0.25) is 0 Å². The quantitative estimate of drug-likeness (QED) is 0.0951. The van der Waals surface area contributed by atoms with Gasteiger partial charge >= 0.3 is 111 Å². The summed E-state index contributed by atoms with van der Waals surface area (Å²) in [6.07, 6.45) is 27.2. The van der Waals surface area contributed by atoms with Gasteiger partial charge in [-0.15, -0.1) is 0 Å². The van der Waals surface area contributed by atoms with Crippen LogP contribution in [-0.4, -0.2) is 37.6 Å². The number of benzene rings is 1. The Morgan fingerprint density at radius 1 is 0.583 bits per heavy atom. The van der Waals surface area contributed by atoms with E-state index in [1.54, 1.807) is 36.8 Å². The second-order valence-electron chi connectivity index (χ2n) is 10.9. The first-order chi connectivity index (χ1) is 17.3. The van der Waals surface area contributed by atoms with E-state index in [0.717, 1.165) is 18.4 Å². The van der Waals surface area contributed by atoms with Crippen molar-refractivity contribution in [2.75, 3.05) is 24.6 Å². The predicted octanol–water partition coefficient (Wildman–Crippen LogP) is 10.2. The molecule has 1 aromatic rings. The number of rotatable bonds is 21. The molecule has 0 spiro atoms. The van der Waals surface area contributed by atoms with E-state index in [1.807, 2.05) is 6.07 Å². The molecule has 0 aliphatic heterocycles. The van der Waals surface area contributed by atoms with Gasteiger partial charge in [0.15, 0.2) is 0 Å². The molecule has 0 saturated carbocycles. The molecule has 0 radical (unpaired) electrons. The van der Waals surface area contributed by atoms with Crippen LogP contribution in [0.15, 0.2) is 29.2 Å². The topological polar surface area (TPSA) is 54.4 Å². The summed E-state index contributed by atoms with van der Waals surface area (Å²) in [6, 6.07) is 6.69. The van der Waals surface area contributed by atoms with Gasteiger partial charge in [0, 0.05) is 0 Å². The van der Waals surface area contributed by atoms with Crippen LogP contribution in [0.1, 0.15) is 136 Å². The molecule has 1 rings (SSSR count). The average Bonchev–Trinajstić information content (AvgIpc) is 2.87. The summed E-state index contributed by atoms with van der Waals surface area (Å²) in [5, 5.41) is 0. The molecule has 0 aliphatic carbocycles. The summed E-state index contributed by atoms with van der Waals surface area (Å²) in [5.41, 5.74) is 0.721. The zero-order chi connectivity index (χ0) is 27.1. The van der Waals surface area contributed by atoms with E-state index in [-0.39, 0.29) is 4.90 Å². The second-order valence-corrected chi connectivity index (χ2v) is 17.3. The molecule has 214 valence electrons. The number of unbranched alkanes of at least 4 members (excludes halogenated alkanes) is 10. The molecule has 0 heterocycles. The van der Waals surface area contributed by atoms with Crippen molar-refractivity contribution in [2.24, 2.45) is 0 Å². The van der Waals surface area contributed by atoms with Crippen LogP contribution in [0.3, 0.4) is 0 Å². The summed E-state index contributed by atoms with van der Waals surface area (Å²) >= 11 is 0. The normalized spacial score (nSPS) is 12.3. The van der Waals surface area contributed by atoms with Gasteiger partial charge in [-0.1, -0.05) is 63.6 Å². The summed E-state index contributed by atoms with van der Waals surface area (Å²) in [5.74, 6) is 0. The first kappa shape index (κ1) is 35.6. The molecule has 1 N–H and O–H groups in total. The molecule has 0 aromatic heterocycles. The van der Waals surface area contributed by atoms with Crippen LogP contribution in [0.4, 0.5) is 0 Å². The van der Waals surface area contributed by atoms with Crippen molar-refractivity contribution in [3.8, 4) is 0 Å². The summed E-state index contributed by atoms with van der Waals surface area (Å²) in [4.78, 5) is 0.0565. The van der Waals surface area contributed by atoms with Crippen LogP contribution in [0, 0.1) is 0 Å². The molecule has 0 aliphatic rings. The van der Waals surface area contributed by atoms with Crippen molar-refractivity contribution in [1.29, 1.82) is 0 Å². The molecule has 0 fully saturated rings. The molecule has 0 unspecified atom stereocenters. The van der Waals surface area contributed by atoms with E-state index in [0.29, 0.717) is 6.42 Å². The fourth-order valence-corrected chi connectivity index (χ4v) is 11.9. The molecule has 36 heavy (non-hydrogen) atoms. The third-order valence-corrected chi connectivity index (χ3v) is 14.2. The molecule has 3 nitrogen and oxygen atoms in total. The average molecular weight is 545 g/mol. The SMILES string of the molecule is CCCCCCCCCc1ccccc1S(=O)(=O)O.CCCC[PH](CCCC)(CCCC)CCCC. The van der Waals surface area contributed by atoms with Crippen molar-refractivity contribution >= 4 is 17.4 Å². The van der Waals surface area contributed by atoms with E-state index in [4.69, 9.17) is 4.55 Å². The van der Waals surface area contributed by atoms with Crippen LogP contribution in [0.5, 0.6) is 0 Å². The number of hydrogen-bond donors (Lipinski definition) is 1. The van der Waals surface area contributed by atoms with Crippen LogP contribution in [-0.2, 0) is 16.5 Å². The van der Waals surface area contributed by atoms with Gasteiger partial charge in [-0.05, 0) is 24.5 Å². The molecule has 0 atom stereocenters. The minimum absolute atomic E-state index is 0.0565. The summed E-state index contributed by atoms with van der Waals surface area (Å²) < 4.78 is 31.6. The van der Waals surface area contributed by atoms with Gasteiger partial charge in [0.1, 0.15) is 0 Å². The first-order valence-electron chi connectivity index (χ1n) is 15.4. The summed E-state index contributed by atoms with van der Waals surface area (Å²) in [6.45, 7) is 11.6. The van der Waals surface area contributed by atoms with E-state index in [2.05, 4.69) is 34.6 Å². The fraction of sp³-hybridized carbons (Fsp3) is 0.806. The van der Waals surface area contributed by atoms with Crippen LogP contribution in [0.25, 0.3) is 0 Å². The van der Waals surface area contributed by atoms with Gasteiger partial charge in [0.05, 0.1) is 4.90 Å². The van der Waals surface area contributed by atoms with E-state index in [9.17, 15) is 8.42 Å². The van der Waals surface area contributed by atoms with E-state index in [1.165, 1.54) is 89.5 Å². The van der Waals surface area contributed by atoms with E-state index >= 15 is 0 Å². The van der Waals surface area contributed by atoms with Gasteiger partial charge in [-0.25, -0.2) is 0 Å². The van der Waals surface area contributed by atoms with Gasteiger partial charge in [0.2, 0.25) is 0 Å². The Morgan fingerprint density at radius 3 is 1.39 bits per heavy atom. The van der Waals surface area contributed by atoms with Crippen LogP contribution < -0.4 is 0 Å². The zero-order valence-electron chi connectivity index (χ0n) is 24.6. The van der Waals surface area contributed by atoms with Crippen molar-refractivity contribution in [1.82, 2.24) is 0 Å². The molecular formula is C31H61O3PS. The summed E-state index contributed by atoms with van der Waals surface area (Å²) in [7, 11) is -4.97. The fourth-order valence-electron chi connectivity index (χ4n) is 5.19. The molecule has 5 heteroatoms. The van der Waals surface area contributed by atoms with Crippen molar-refractivity contribution in [3.63, 3.8) is 0 Å². The van der Waals surface area contributed by atoms with Gasteiger partial charge in [0.25, 0.3) is 10.1 Å². The molecule has 0 bridgehead atoms. The van der Waals surface area contributed by atoms with Crippen molar-refractivity contribution in [2.45, 2.75) is 142 Å². The van der Waals surface area contributed by atoms with E-state index < -0.39 is 17.4 Å². The minimum atomic E-state index is -4.09. The van der Waals surface area contributed by atoms with Crippen LogP contribution >= 0.6 is 7.26 Å². The third kappa shape index (κ3) is 17.1. The Hall–Kier alpha value is -0.440. The monoisotopic (exact) mass is 544 g/mol. The van der Waals surface area contributed by atoms with Gasteiger partial charge in [-0.3, -0.25) is 4.55 Å². The molecular weight excluding hydrogens is 483 g/mol. The standard InChI is InChI=1S/C16H37P.C15H24O3S/c1-5-9-13-17(14-10-6-2,15-11-7-3)16-12-8-4;1-2-3-4-5-6-7-8-11-14-12-9-10-13-15(14)19(16,17)18/h17H,5-16H2,1-4H3;9-10,12-13H,2-8,11H2,1H3,(H,16,17,18). The Bertz CT molecular complexity index is 696. The maximum atomic E-state index is 11.2. The number of hydrogen-bond acceptors (Lipinski definition) is 2. The molecule has 0 saturated heterocycles. The van der Waals surface area contributed by atoms with Gasteiger partial charge in [-0.2, -0.15) is 8.42 Å². The zero-order valence-corrected chi connectivity index (χ0v) is 26.4. The third-order valence-electron chi connectivity index (χ3n) is 7.54. The Kier molecular flexibility index (Phi) is 22.3. The van der Waals surface area contributed by atoms with Crippen molar-refractivity contribution < 1.29 is 13.0 Å². The Labute approximate surface area is 226 Å². The first-order valence-corrected chi connectivity index (χ1v) is 19.6. The number of aryl methyl sites for hydroxylation is 1. The molecule has 0 amide bonds. The second kappa shape index (κ2) is 22.5. The predicted molar refractivity (Wildman–Crippen MR) is 165 cm³/mol. The van der Waals surface area contributed by atoms with Crippen molar-refractivity contribution in [3.05, 3.63) is 29.8 Å². The van der Waals surface area contributed by atoms with Gasteiger partial charge < -0.3 is 0 Å². The Balaban J connectivity index is 0.000000686. The molecule has 1 aromatic carbocycles. The maximum absolute atomic E-state index is 11.2. The Morgan fingerprint density at radius 2 is 0.972 bits per heavy atom.